The van der Waals surface area contributed by atoms with Crippen molar-refractivity contribution in [2.75, 3.05) is 11.1 Å². The molecule has 88 valence electrons. The molecule has 0 aliphatic heterocycles. The molecule has 1 aromatic carbocycles. The van der Waals surface area contributed by atoms with Crippen LogP contribution in [0.4, 0.5) is 11.5 Å². The van der Waals surface area contributed by atoms with Gasteiger partial charge in [0.05, 0.1) is 6.20 Å². The number of amides is 1. The molecule has 7 heteroatoms. The minimum absolute atomic E-state index is 0.0350. The van der Waals surface area contributed by atoms with Gasteiger partial charge in [-0.05, 0) is 24.3 Å². The summed E-state index contributed by atoms with van der Waals surface area (Å²) >= 11 is 3.32. The van der Waals surface area contributed by atoms with Crippen LogP contribution in [0.5, 0.6) is 0 Å². The molecule has 0 saturated heterocycles. The maximum absolute atomic E-state index is 11.6. The van der Waals surface area contributed by atoms with Crippen LogP contribution in [-0.4, -0.2) is 20.9 Å². The topological polar surface area (TPSA) is 85.8 Å². The van der Waals surface area contributed by atoms with Crippen LogP contribution in [0, 0.1) is 0 Å². The lowest BCUT2D eigenvalue weighted by Crippen LogP contribution is -2.20. The molecule has 17 heavy (non-hydrogen) atoms. The number of anilines is 2. The molecule has 6 nitrogen and oxygen atoms in total. The van der Waals surface area contributed by atoms with E-state index in [-0.39, 0.29) is 12.5 Å². The second-order valence-corrected chi connectivity index (χ2v) is 4.27. The van der Waals surface area contributed by atoms with E-state index >= 15 is 0 Å². The molecular formula is C10H10BrN5O. The van der Waals surface area contributed by atoms with E-state index < -0.39 is 0 Å². The number of nitrogens with two attached hydrogens (primary N) is 1. The van der Waals surface area contributed by atoms with Gasteiger partial charge >= 0.3 is 0 Å². The molecule has 0 radical (unpaired) electrons. The van der Waals surface area contributed by atoms with Crippen molar-refractivity contribution < 1.29 is 4.79 Å². The Labute approximate surface area is 106 Å². The predicted octanol–water partition coefficient (Wildman–Crippen LogP) is 1.26. The van der Waals surface area contributed by atoms with Crippen LogP contribution < -0.4 is 11.1 Å². The number of halogens is 1. The lowest BCUT2D eigenvalue weighted by atomic mass is 10.3. The monoisotopic (exact) mass is 295 g/mol. The molecule has 0 unspecified atom stereocenters. The Balaban J connectivity index is 1.95. The molecule has 1 amide bonds. The molecule has 3 N–H and O–H groups in total. The number of nitrogens with one attached hydrogen (secondary N) is 1. The lowest BCUT2D eigenvalue weighted by Gasteiger charge is -2.04. The van der Waals surface area contributed by atoms with Crippen molar-refractivity contribution in [2.45, 2.75) is 6.54 Å². The first-order chi connectivity index (χ1) is 8.13. The van der Waals surface area contributed by atoms with Gasteiger partial charge in [-0.2, -0.15) is 9.90 Å². The number of nitrogens with zero attached hydrogens (tertiary/aromatic N) is 3. The molecule has 0 saturated carbocycles. The van der Waals surface area contributed by atoms with E-state index in [1.54, 1.807) is 12.1 Å². The summed E-state index contributed by atoms with van der Waals surface area (Å²) in [7, 11) is 0. The largest absolute Gasteiger partial charge is 0.381 e. The minimum atomic E-state index is -0.206. The Morgan fingerprint density at radius 1 is 1.41 bits per heavy atom. The van der Waals surface area contributed by atoms with E-state index in [2.05, 4.69) is 31.4 Å². The summed E-state index contributed by atoms with van der Waals surface area (Å²) in [5.41, 5.74) is 6.11. The Hall–Kier alpha value is -1.89. The van der Waals surface area contributed by atoms with Gasteiger partial charge in [0.15, 0.2) is 5.82 Å². The first kappa shape index (κ1) is 11.6. The second-order valence-electron chi connectivity index (χ2n) is 3.35. The normalized spacial score (nSPS) is 10.2. The van der Waals surface area contributed by atoms with Crippen LogP contribution in [0.25, 0.3) is 0 Å². The molecule has 0 aliphatic rings. The fourth-order valence-corrected chi connectivity index (χ4v) is 1.51. The number of hydrogen-bond donors (Lipinski definition) is 2. The van der Waals surface area contributed by atoms with E-state index in [0.29, 0.717) is 5.82 Å². The molecule has 0 bridgehead atoms. The number of carbonyl (C=O) groups excluding carboxylic acids is 1. The van der Waals surface area contributed by atoms with Crippen LogP contribution in [0.1, 0.15) is 0 Å². The Kier molecular flexibility index (Phi) is 3.38. The van der Waals surface area contributed by atoms with E-state index in [1.807, 2.05) is 12.1 Å². The SMILES string of the molecule is Nc1cnn(CC(=O)Nc2ccc(Br)cc2)n1. The van der Waals surface area contributed by atoms with Crippen LogP contribution in [0.15, 0.2) is 34.9 Å². The average molecular weight is 296 g/mol. The molecule has 2 aromatic rings. The molecule has 0 fully saturated rings. The minimum Gasteiger partial charge on any atom is -0.381 e. The zero-order valence-corrected chi connectivity index (χ0v) is 10.4. The quantitative estimate of drug-likeness (QED) is 0.893. The summed E-state index contributed by atoms with van der Waals surface area (Å²) in [6.07, 6.45) is 1.40. The fourth-order valence-electron chi connectivity index (χ4n) is 1.25. The van der Waals surface area contributed by atoms with Crippen LogP contribution in [-0.2, 0) is 11.3 Å². The number of carbonyl (C=O) groups is 1. The van der Waals surface area contributed by atoms with E-state index in [1.165, 1.54) is 11.0 Å². The maximum atomic E-state index is 11.6. The summed E-state index contributed by atoms with van der Waals surface area (Å²) in [6.45, 7) is 0.0350. The first-order valence-corrected chi connectivity index (χ1v) is 5.64. The number of rotatable bonds is 3. The third-order valence-electron chi connectivity index (χ3n) is 1.97. The van der Waals surface area contributed by atoms with E-state index in [4.69, 9.17) is 5.73 Å². The number of nitrogen functional groups attached to an aromatic ring is 1. The smallest absolute Gasteiger partial charge is 0.247 e. The predicted molar refractivity (Wildman–Crippen MR) is 67.2 cm³/mol. The number of benzene rings is 1. The van der Waals surface area contributed by atoms with Crippen molar-refractivity contribution in [3.05, 3.63) is 34.9 Å². The third kappa shape index (κ3) is 3.28. The second kappa shape index (κ2) is 4.96. The van der Waals surface area contributed by atoms with Gasteiger partial charge in [-0.1, -0.05) is 15.9 Å². The third-order valence-corrected chi connectivity index (χ3v) is 2.50. The molecular weight excluding hydrogens is 286 g/mol. The maximum Gasteiger partial charge on any atom is 0.247 e. The Bertz CT molecular complexity index is 522. The zero-order chi connectivity index (χ0) is 12.3. The zero-order valence-electron chi connectivity index (χ0n) is 8.80. The van der Waals surface area contributed by atoms with Gasteiger partial charge in [0.2, 0.25) is 5.91 Å². The molecule has 1 heterocycles. The van der Waals surface area contributed by atoms with Crippen molar-refractivity contribution in [2.24, 2.45) is 0 Å². The summed E-state index contributed by atoms with van der Waals surface area (Å²) in [6, 6.07) is 7.29. The highest BCUT2D eigenvalue weighted by atomic mass is 79.9. The molecule has 2 rings (SSSR count). The van der Waals surface area contributed by atoms with Gasteiger partial charge in [-0.3, -0.25) is 4.79 Å². The van der Waals surface area contributed by atoms with Crippen molar-refractivity contribution >= 4 is 33.3 Å². The summed E-state index contributed by atoms with van der Waals surface area (Å²) in [5.74, 6) is 0.0874. The molecule has 0 spiro atoms. The van der Waals surface area contributed by atoms with Crippen molar-refractivity contribution in [1.82, 2.24) is 15.0 Å². The van der Waals surface area contributed by atoms with Gasteiger partial charge in [0.1, 0.15) is 6.54 Å². The Morgan fingerprint density at radius 3 is 2.71 bits per heavy atom. The first-order valence-electron chi connectivity index (χ1n) is 4.84. The standard InChI is InChI=1S/C10H10BrN5O/c11-7-1-3-8(4-2-7)14-10(17)6-16-13-5-9(12)15-16/h1-5H,6H2,(H2,12,15)(H,14,17). The van der Waals surface area contributed by atoms with E-state index in [9.17, 15) is 4.79 Å². The number of hydrogen-bond acceptors (Lipinski definition) is 4. The van der Waals surface area contributed by atoms with Crippen LogP contribution in [0.3, 0.4) is 0 Å². The fraction of sp³-hybridized carbons (Fsp3) is 0.100. The highest BCUT2D eigenvalue weighted by Crippen LogP contribution is 2.13. The van der Waals surface area contributed by atoms with Gasteiger partial charge in [-0.15, -0.1) is 5.10 Å². The van der Waals surface area contributed by atoms with Gasteiger partial charge in [0, 0.05) is 10.2 Å². The van der Waals surface area contributed by atoms with E-state index in [0.717, 1.165) is 10.2 Å². The lowest BCUT2D eigenvalue weighted by molar-refractivity contribution is -0.117. The summed E-state index contributed by atoms with van der Waals surface area (Å²) in [5, 5.41) is 10.4. The van der Waals surface area contributed by atoms with Crippen molar-refractivity contribution in [1.29, 1.82) is 0 Å². The number of aromatic nitrogens is 3. The van der Waals surface area contributed by atoms with Crippen LogP contribution >= 0.6 is 15.9 Å². The van der Waals surface area contributed by atoms with Gasteiger partial charge in [-0.25, -0.2) is 0 Å². The van der Waals surface area contributed by atoms with Crippen LogP contribution in [0.2, 0.25) is 0 Å². The van der Waals surface area contributed by atoms with Gasteiger partial charge in [0.25, 0.3) is 0 Å². The van der Waals surface area contributed by atoms with Crippen molar-refractivity contribution in [3.63, 3.8) is 0 Å². The van der Waals surface area contributed by atoms with Gasteiger partial charge < -0.3 is 11.1 Å². The molecule has 1 aromatic heterocycles. The summed E-state index contributed by atoms with van der Waals surface area (Å²) in [4.78, 5) is 12.9. The average Bonchev–Trinajstić information content (AvgIpc) is 2.67. The highest BCUT2D eigenvalue weighted by Gasteiger charge is 2.05. The molecule has 0 atom stereocenters. The Morgan fingerprint density at radius 2 is 2.12 bits per heavy atom. The highest BCUT2D eigenvalue weighted by molar-refractivity contribution is 9.10. The van der Waals surface area contributed by atoms with Crippen molar-refractivity contribution in [3.8, 4) is 0 Å². The molecule has 0 aliphatic carbocycles. The summed E-state index contributed by atoms with van der Waals surface area (Å²) < 4.78 is 0.956.